The van der Waals surface area contributed by atoms with Gasteiger partial charge in [0.05, 0.1) is 12.1 Å². The van der Waals surface area contributed by atoms with Gasteiger partial charge in [-0.2, -0.15) is 0 Å². The van der Waals surface area contributed by atoms with E-state index < -0.39 is 11.8 Å². The minimum Gasteiger partial charge on any atom is -0.497 e. The lowest BCUT2D eigenvalue weighted by atomic mass is 10.2. The monoisotopic (exact) mass is 420 g/mol. The van der Waals surface area contributed by atoms with Crippen molar-refractivity contribution in [1.82, 2.24) is 21.2 Å². The molecule has 3 aromatic rings. The SMILES string of the molecule is COc1ccc2c(Cl)c(C(=O)NC(=S)NNC(=O)c3ccncc3)sc2c1. The summed E-state index contributed by atoms with van der Waals surface area (Å²) in [6.45, 7) is 0. The van der Waals surface area contributed by atoms with Gasteiger partial charge in [0, 0.05) is 28.0 Å². The Balaban J connectivity index is 1.64. The molecule has 3 rings (SSSR count). The van der Waals surface area contributed by atoms with Crippen LogP contribution in [0.1, 0.15) is 20.0 Å². The van der Waals surface area contributed by atoms with Crippen LogP contribution in [0.5, 0.6) is 5.75 Å². The van der Waals surface area contributed by atoms with Crippen LogP contribution in [0.15, 0.2) is 42.7 Å². The Bertz CT molecular complexity index is 1020. The van der Waals surface area contributed by atoms with Crippen LogP contribution in [0.25, 0.3) is 10.1 Å². The largest absolute Gasteiger partial charge is 0.497 e. The van der Waals surface area contributed by atoms with Crippen LogP contribution in [-0.2, 0) is 0 Å². The zero-order chi connectivity index (χ0) is 19.4. The molecule has 0 saturated carbocycles. The molecule has 0 spiro atoms. The summed E-state index contributed by atoms with van der Waals surface area (Å²) in [5.41, 5.74) is 5.26. The third-order valence-electron chi connectivity index (χ3n) is 3.50. The van der Waals surface area contributed by atoms with Crippen molar-refractivity contribution >= 4 is 62.2 Å². The Morgan fingerprint density at radius 2 is 1.89 bits per heavy atom. The van der Waals surface area contributed by atoms with E-state index >= 15 is 0 Å². The summed E-state index contributed by atoms with van der Waals surface area (Å²) >= 11 is 12.6. The third kappa shape index (κ3) is 4.33. The van der Waals surface area contributed by atoms with E-state index in [9.17, 15) is 9.59 Å². The molecule has 2 heterocycles. The van der Waals surface area contributed by atoms with Crippen LogP contribution in [0.3, 0.4) is 0 Å². The number of rotatable bonds is 3. The van der Waals surface area contributed by atoms with Crippen LogP contribution in [0, 0.1) is 0 Å². The molecule has 2 amide bonds. The topological polar surface area (TPSA) is 92.4 Å². The van der Waals surface area contributed by atoms with Gasteiger partial charge in [0.2, 0.25) is 0 Å². The van der Waals surface area contributed by atoms with Crippen molar-refractivity contribution in [2.24, 2.45) is 0 Å². The number of nitrogens with zero attached hydrogens (tertiary/aromatic N) is 1. The van der Waals surface area contributed by atoms with Gasteiger partial charge in [-0.15, -0.1) is 11.3 Å². The summed E-state index contributed by atoms with van der Waals surface area (Å²) in [4.78, 5) is 28.5. The maximum atomic E-state index is 12.4. The van der Waals surface area contributed by atoms with E-state index in [1.54, 1.807) is 37.4 Å². The summed E-state index contributed by atoms with van der Waals surface area (Å²) in [7, 11) is 1.56. The van der Waals surface area contributed by atoms with E-state index in [-0.39, 0.29) is 5.11 Å². The summed E-state index contributed by atoms with van der Waals surface area (Å²) < 4.78 is 5.99. The molecular formula is C17H13ClN4O3S2. The van der Waals surface area contributed by atoms with Gasteiger partial charge in [-0.05, 0) is 42.5 Å². The number of methoxy groups -OCH3 is 1. The standard InChI is InChI=1S/C17H13ClN4O3S2/c1-25-10-2-3-11-12(8-10)27-14(13(11)18)16(24)20-17(26)22-21-15(23)9-4-6-19-7-5-9/h2-8H,1H3,(H,21,23)(H2,20,22,24,26). The molecule has 0 aliphatic carbocycles. The molecule has 27 heavy (non-hydrogen) atoms. The molecule has 3 N–H and O–H groups in total. The average molecular weight is 421 g/mol. The van der Waals surface area contributed by atoms with Crippen molar-refractivity contribution in [3.63, 3.8) is 0 Å². The molecular weight excluding hydrogens is 408 g/mol. The number of carbonyl (C=O) groups is 2. The predicted molar refractivity (Wildman–Crippen MR) is 108 cm³/mol. The number of aromatic nitrogens is 1. The van der Waals surface area contributed by atoms with Gasteiger partial charge in [0.15, 0.2) is 5.11 Å². The average Bonchev–Trinajstić information content (AvgIpc) is 3.02. The highest BCUT2D eigenvalue weighted by atomic mass is 35.5. The number of carbonyl (C=O) groups excluding carboxylic acids is 2. The van der Waals surface area contributed by atoms with Crippen molar-refractivity contribution in [3.05, 3.63) is 58.2 Å². The van der Waals surface area contributed by atoms with Crippen molar-refractivity contribution in [1.29, 1.82) is 0 Å². The number of thiophene rings is 1. The van der Waals surface area contributed by atoms with Gasteiger partial charge in [-0.3, -0.25) is 30.7 Å². The zero-order valence-corrected chi connectivity index (χ0v) is 16.3. The lowest BCUT2D eigenvalue weighted by molar-refractivity contribution is 0.0935. The van der Waals surface area contributed by atoms with Gasteiger partial charge < -0.3 is 4.74 Å². The molecule has 7 nitrogen and oxygen atoms in total. The van der Waals surface area contributed by atoms with Crippen LogP contribution >= 0.6 is 35.2 Å². The Morgan fingerprint density at radius 3 is 2.59 bits per heavy atom. The summed E-state index contributed by atoms with van der Waals surface area (Å²) in [6, 6.07) is 8.45. The number of hydrazine groups is 1. The highest BCUT2D eigenvalue weighted by Gasteiger charge is 2.18. The van der Waals surface area contributed by atoms with Gasteiger partial charge in [-0.1, -0.05) is 11.6 Å². The maximum Gasteiger partial charge on any atom is 0.269 e. The minimum atomic E-state index is -0.476. The summed E-state index contributed by atoms with van der Waals surface area (Å²) in [6.07, 6.45) is 2.99. The van der Waals surface area contributed by atoms with Crippen LogP contribution in [0.2, 0.25) is 5.02 Å². The molecule has 138 valence electrons. The van der Waals surface area contributed by atoms with Crippen molar-refractivity contribution in [3.8, 4) is 5.75 Å². The molecule has 0 bridgehead atoms. The molecule has 1 aromatic carbocycles. The lowest BCUT2D eigenvalue weighted by Gasteiger charge is -2.10. The fourth-order valence-electron chi connectivity index (χ4n) is 2.20. The molecule has 0 radical (unpaired) electrons. The van der Waals surface area contributed by atoms with Crippen molar-refractivity contribution in [2.75, 3.05) is 7.11 Å². The molecule has 0 aliphatic heterocycles. The van der Waals surface area contributed by atoms with Gasteiger partial charge in [-0.25, -0.2) is 0 Å². The fourth-order valence-corrected chi connectivity index (χ4v) is 3.78. The number of benzene rings is 1. The molecule has 0 unspecified atom stereocenters. The van der Waals surface area contributed by atoms with Crippen molar-refractivity contribution < 1.29 is 14.3 Å². The van der Waals surface area contributed by atoms with Gasteiger partial charge in [0.25, 0.3) is 11.8 Å². The van der Waals surface area contributed by atoms with E-state index in [1.807, 2.05) is 0 Å². The zero-order valence-electron chi connectivity index (χ0n) is 13.9. The Morgan fingerprint density at radius 1 is 1.15 bits per heavy atom. The molecule has 0 aliphatic rings. The van der Waals surface area contributed by atoms with Crippen LogP contribution < -0.4 is 20.9 Å². The second-order valence-electron chi connectivity index (χ2n) is 5.21. The number of nitrogens with one attached hydrogen (secondary N) is 3. The number of ether oxygens (including phenoxy) is 1. The number of fused-ring (bicyclic) bond motifs is 1. The normalized spacial score (nSPS) is 10.3. The number of amides is 2. The van der Waals surface area contributed by atoms with Gasteiger partial charge >= 0.3 is 0 Å². The van der Waals surface area contributed by atoms with Gasteiger partial charge in [0.1, 0.15) is 10.6 Å². The third-order valence-corrected chi connectivity index (χ3v) is 5.36. The van der Waals surface area contributed by atoms with E-state index in [1.165, 1.54) is 23.7 Å². The molecule has 0 fully saturated rings. The van der Waals surface area contributed by atoms with Crippen LogP contribution in [0.4, 0.5) is 0 Å². The second-order valence-corrected chi connectivity index (χ2v) is 7.04. The number of hydrogen-bond acceptors (Lipinski definition) is 6. The number of halogens is 1. The first-order valence-corrected chi connectivity index (χ1v) is 9.17. The maximum absolute atomic E-state index is 12.4. The second kappa shape index (κ2) is 8.30. The Labute approximate surface area is 168 Å². The van der Waals surface area contributed by atoms with E-state index in [0.29, 0.717) is 21.2 Å². The highest BCUT2D eigenvalue weighted by molar-refractivity contribution is 7.80. The fraction of sp³-hybridized carbons (Fsp3) is 0.0588. The quantitative estimate of drug-likeness (QED) is 0.445. The first-order valence-electron chi connectivity index (χ1n) is 7.57. The lowest BCUT2D eigenvalue weighted by Crippen LogP contribution is -2.48. The predicted octanol–water partition coefficient (Wildman–Crippen LogP) is 2.91. The summed E-state index contributed by atoms with van der Waals surface area (Å²) in [5.74, 6) is -0.222. The van der Waals surface area contributed by atoms with E-state index in [0.717, 1.165) is 10.1 Å². The Hall–Kier alpha value is -2.75. The van der Waals surface area contributed by atoms with E-state index in [4.69, 9.17) is 28.6 Å². The number of hydrogen-bond donors (Lipinski definition) is 3. The molecule has 2 aromatic heterocycles. The number of pyridine rings is 1. The Kier molecular flexibility index (Phi) is 5.84. The van der Waals surface area contributed by atoms with Crippen LogP contribution in [-0.4, -0.2) is 29.0 Å². The number of thiocarbonyl (C=S) groups is 1. The minimum absolute atomic E-state index is 0.0616. The van der Waals surface area contributed by atoms with Crippen molar-refractivity contribution in [2.45, 2.75) is 0 Å². The first-order chi connectivity index (χ1) is 13.0. The highest BCUT2D eigenvalue weighted by Crippen LogP contribution is 2.37. The molecule has 10 heteroatoms. The first kappa shape index (κ1) is 19.0. The molecule has 0 saturated heterocycles. The smallest absolute Gasteiger partial charge is 0.269 e. The summed E-state index contributed by atoms with van der Waals surface area (Å²) in [5, 5.41) is 3.50. The molecule has 0 atom stereocenters. The van der Waals surface area contributed by atoms with E-state index in [2.05, 4.69) is 21.2 Å².